The Morgan fingerprint density at radius 1 is 1.44 bits per heavy atom. The number of nitrogens with zero attached hydrogens (tertiary/aromatic N) is 3. The first-order valence-corrected chi connectivity index (χ1v) is 6.52. The highest BCUT2D eigenvalue weighted by molar-refractivity contribution is 5.95. The normalized spacial score (nSPS) is 24.0. The first kappa shape index (κ1) is 13.1. The summed E-state index contributed by atoms with van der Waals surface area (Å²) in [7, 11) is 3.74. The van der Waals surface area contributed by atoms with Gasteiger partial charge in [0.25, 0.3) is 5.91 Å². The largest absolute Gasteiger partial charge is 0.339 e. The van der Waals surface area contributed by atoms with E-state index in [1.165, 1.54) is 0 Å². The molecule has 1 amide bonds. The van der Waals surface area contributed by atoms with Crippen LogP contribution in [0.25, 0.3) is 0 Å². The van der Waals surface area contributed by atoms with Gasteiger partial charge in [-0.25, -0.2) is 0 Å². The molecule has 1 heterocycles. The molecule has 0 bridgehead atoms. The van der Waals surface area contributed by atoms with Gasteiger partial charge < -0.3 is 10.6 Å². The molecule has 0 atom stereocenters. The van der Waals surface area contributed by atoms with Crippen molar-refractivity contribution >= 4 is 5.91 Å². The summed E-state index contributed by atoms with van der Waals surface area (Å²) in [6.45, 7) is 1.92. The summed E-state index contributed by atoms with van der Waals surface area (Å²) in [6.07, 6.45) is 5.68. The van der Waals surface area contributed by atoms with Gasteiger partial charge in [0.2, 0.25) is 0 Å². The lowest BCUT2D eigenvalue weighted by Gasteiger charge is -2.33. The van der Waals surface area contributed by atoms with Crippen molar-refractivity contribution in [2.45, 2.75) is 44.7 Å². The summed E-state index contributed by atoms with van der Waals surface area (Å²) in [4.78, 5) is 14.3. The van der Waals surface area contributed by atoms with Gasteiger partial charge >= 0.3 is 0 Å². The molecule has 5 heteroatoms. The zero-order valence-electron chi connectivity index (χ0n) is 11.4. The molecule has 100 valence electrons. The fourth-order valence-electron chi connectivity index (χ4n) is 2.55. The molecule has 1 aliphatic rings. The van der Waals surface area contributed by atoms with E-state index in [0.717, 1.165) is 31.4 Å². The smallest absolute Gasteiger partial charge is 0.257 e. The van der Waals surface area contributed by atoms with Crippen LogP contribution in [0.5, 0.6) is 0 Å². The summed E-state index contributed by atoms with van der Waals surface area (Å²) in [5.74, 6) is 0.0704. The van der Waals surface area contributed by atoms with Crippen LogP contribution in [0.1, 0.15) is 41.7 Å². The Kier molecular flexibility index (Phi) is 3.71. The summed E-state index contributed by atoms with van der Waals surface area (Å²) >= 11 is 0. The fraction of sp³-hybridized carbons (Fsp3) is 0.692. The molecule has 2 N–H and O–H groups in total. The van der Waals surface area contributed by atoms with E-state index in [0.29, 0.717) is 17.6 Å². The molecule has 1 aromatic rings. The Hall–Kier alpha value is -1.36. The van der Waals surface area contributed by atoms with Crippen LogP contribution in [0.3, 0.4) is 0 Å². The molecule has 5 nitrogen and oxygen atoms in total. The maximum Gasteiger partial charge on any atom is 0.257 e. The van der Waals surface area contributed by atoms with Gasteiger partial charge in [-0.2, -0.15) is 5.10 Å². The second kappa shape index (κ2) is 5.10. The molecule has 1 aromatic heterocycles. The van der Waals surface area contributed by atoms with Crippen molar-refractivity contribution in [3.63, 3.8) is 0 Å². The van der Waals surface area contributed by atoms with E-state index in [9.17, 15) is 4.79 Å². The van der Waals surface area contributed by atoms with Gasteiger partial charge in [0.1, 0.15) is 0 Å². The van der Waals surface area contributed by atoms with Crippen LogP contribution in [0.15, 0.2) is 6.20 Å². The van der Waals surface area contributed by atoms with E-state index in [1.807, 2.05) is 25.9 Å². The zero-order chi connectivity index (χ0) is 13.3. The van der Waals surface area contributed by atoms with Gasteiger partial charge in [0.05, 0.1) is 11.8 Å². The number of carbonyl (C=O) groups excluding carboxylic acids is 1. The molecule has 1 fully saturated rings. The van der Waals surface area contributed by atoms with Crippen molar-refractivity contribution in [1.82, 2.24) is 14.7 Å². The van der Waals surface area contributed by atoms with E-state index < -0.39 is 0 Å². The predicted octanol–water partition coefficient (Wildman–Crippen LogP) is 1.07. The van der Waals surface area contributed by atoms with Gasteiger partial charge in [0.15, 0.2) is 0 Å². The lowest BCUT2D eigenvalue weighted by molar-refractivity contribution is 0.0689. The summed E-state index contributed by atoms with van der Waals surface area (Å²) in [5.41, 5.74) is 7.51. The van der Waals surface area contributed by atoms with E-state index in [1.54, 1.807) is 10.9 Å². The van der Waals surface area contributed by atoms with Gasteiger partial charge in [-0.05, 0) is 32.6 Å². The van der Waals surface area contributed by atoms with E-state index in [2.05, 4.69) is 5.10 Å². The molecular weight excluding hydrogens is 228 g/mol. The third-order valence-electron chi connectivity index (χ3n) is 4.08. The van der Waals surface area contributed by atoms with Crippen molar-refractivity contribution in [3.8, 4) is 0 Å². The van der Waals surface area contributed by atoms with Crippen molar-refractivity contribution in [1.29, 1.82) is 0 Å². The summed E-state index contributed by atoms with van der Waals surface area (Å²) in [6, 6.07) is 0.627. The molecule has 0 unspecified atom stereocenters. The minimum absolute atomic E-state index is 0.0704. The molecule has 18 heavy (non-hydrogen) atoms. The molecule has 0 saturated heterocycles. The monoisotopic (exact) mass is 250 g/mol. The minimum Gasteiger partial charge on any atom is -0.339 e. The standard InChI is InChI=1S/C13H22N4O/c1-9-12(8-15-17(9)3)13(18)16(2)11-6-4-10(14)5-7-11/h8,10-11H,4-7,14H2,1-3H3. The van der Waals surface area contributed by atoms with Crippen molar-refractivity contribution in [2.24, 2.45) is 12.8 Å². The fourth-order valence-corrected chi connectivity index (χ4v) is 2.55. The quantitative estimate of drug-likeness (QED) is 0.854. The van der Waals surface area contributed by atoms with Crippen LogP contribution in [-0.4, -0.2) is 39.7 Å². The van der Waals surface area contributed by atoms with Crippen LogP contribution in [-0.2, 0) is 7.05 Å². The molecule has 0 aromatic carbocycles. The maximum atomic E-state index is 12.4. The minimum atomic E-state index is 0.0704. The number of aryl methyl sites for hydroxylation is 1. The van der Waals surface area contributed by atoms with Crippen LogP contribution >= 0.6 is 0 Å². The first-order chi connectivity index (χ1) is 8.50. The third-order valence-corrected chi connectivity index (χ3v) is 4.08. The lowest BCUT2D eigenvalue weighted by atomic mass is 9.91. The summed E-state index contributed by atoms with van der Waals surface area (Å²) in [5, 5.41) is 4.13. The molecule has 0 aliphatic heterocycles. The first-order valence-electron chi connectivity index (χ1n) is 6.52. The zero-order valence-corrected chi connectivity index (χ0v) is 11.4. The average Bonchev–Trinajstić information content (AvgIpc) is 2.69. The Morgan fingerprint density at radius 2 is 2.06 bits per heavy atom. The second-order valence-corrected chi connectivity index (χ2v) is 5.25. The maximum absolute atomic E-state index is 12.4. The highest BCUT2D eigenvalue weighted by atomic mass is 16.2. The Bertz CT molecular complexity index is 432. The highest BCUT2D eigenvalue weighted by Gasteiger charge is 2.27. The number of carbonyl (C=O) groups is 1. The van der Waals surface area contributed by atoms with Crippen LogP contribution in [0.4, 0.5) is 0 Å². The molecular formula is C13H22N4O. The Labute approximate surface area is 108 Å². The van der Waals surface area contributed by atoms with Crippen molar-refractivity contribution in [2.75, 3.05) is 7.05 Å². The molecule has 0 spiro atoms. The van der Waals surface area contributed by atoms with Gasteiger partial charge in [-0.1, -0.05) is 0 Å². The second-order valence-electron chi connectivity index (χ2n) is 5.25. The van der Waals surface area contributed by atoms with Crippen molar-refractivity contribution < 1.29 is 4.79 Å². The summed E-state index contributed by atoms with van der Waals surface area (Å²) < 4.78 is 1.73. The third kappa shape index (κ3) is 2.41. The number of aromatic nitrogens is 2. The van der Waals surface area contributed by atoms with Crippen molar-refractivity contribution in [3.05, 3.63) is 17.5 Å². The number of hydrogen-bond acceptors (Lipinski definition) is 3. The highest BCUT2D eigenvalue weighted by Crippen LogP contribution is 2.23. The van der Waals surface area contributed by atoms with Gasteiger partial charge in [-0.3, -0.25) is 9.48 Å². The van der Waals surface area contributed by atoms with Crippen LogP contribution in [0.2, 0.25) is 0 Å². The van der Waals surface area contributed by atoms with E-state index in [-0.39, 0.29) is 5.91 Å². The Balaban J connectivity index is 2.07. The predicted molar refractivity (Wildman–Crippen MR) is 70.3 cm³/mol. The van der Waals surface area contributed by atoms with E-state index >= 15 is 0 Å². The van der Waals surface area contributed by atoms with Gasteiger partial charge in [-0.15, -0.1) is 0 Å². The van der Waals surface area contributed by atoms with Crippen LogP contribution < -0.4 is 5.73 Å². The van der Waals surface area contributed by atoms with E-state index in [4.69, 9.17) is 5.73 Å². The number of nitrogens with two attached hydrogens (primary N) is 1. The topological polar surface area (TPSA) is 64.2 Å². The number of rotatable bonds is 2. The lowest BCUT2D eigenvalue weighted by Crippen LogP contribution is -2.42. The Morgan fingerprint density at radius 3 is 2.56 bits per heavy atom. The molecule has 1 aliphatic carbocycles. The molecule has 2 rings (SSSR count). The molecule has 1 saturated carbocycles. The van der Waals surface area contributed by atoms with Gasteiger partial charge in [0, 0.05) is 31.9 Å². The number of amides is 1. The SMILES string of the molecule is Cc1c(C(=O)N(C)C2CCC(N)CC2)cnn1C. The molecule has 0 radical (unpaired) electrons. The van der Waals surface area contributed by atoms with Crippen LogP contribution in [0, 0.1) is 6.92 Å². The number of hydrogen-bond donors (Lipinski definition) is 1. The average molecular weight is 250 g/mol.